The number of benzene rings is 2. The smallest absolute Gasteiger partial charge is 0.407 e. The van der Waals surface area contributed by atoms with Gasteiger partial charge in [-0.2, -0.15) is 0 Å². The lowest BCUT2D eigenvalue weighted by Crippen LogP contribution is -2.47. The van der Waals surface area contributed by atoms with Crippen LogP contribution >= 0.6 is 0 Å². The third-order valence-electron chi connectivity index (χ3n) is 5.45. The van der Waals surface area contributed by atoms with Crippen LogP contribution in [-0.2, 0) is 4.74 Å². The number of nitrogens with one attached hydrogen (secondary N) is 1. The zero-order valence-electron chi connectivity index (χ0n) is 19.2. The maximum atomic E-state index is 13.3. The molecule has 7 heteroatoms. The molecule has 2 heterocycles. The quantitative estimate of drug-likeness (QED) is 0.599. The van der Waals surface area contributed by atoms with Gasteiger partial charge in [0.05, 0.1) is 11.8 Å². The standard InChI is InChI=1S/C26H29N3O4/c1-26(2,3)33-25(31)28-19-13-15-29(16-14-19)24(30)21-12-8-7-11-20(21)23-27-17-22(32-23)18-9-5-4-6-10-18/h4-12,17,19H,13-16H2,1-3H3,(H,28,31). The lowest BCUT2D eigenvalue weighted by Gasteiger charge is -2.33. The summed E-state index contributed by atoms with van der Waals surface area (Å²) in [6, 6.07) is 17.1. The Labute approximate surface area is 193 Å². The molecule has 1 saturated heterocycles. The van der Waals surface area contributed by atoms with Crippen molar-refractivity contribution in [3.63, 3.8) is 0 Å². The van der Waals surface area contributed by atoms with Crippen LogP contribution in [0.25, 0.3) is 22.8 Å². The van der Waals surface area contributed by atoms with Gasteiger partial charge in [-0.15, -0.1) is 0 Å². The zero-order valence-corrected chi connectivity index (χ0v) is 19.2. The fourth-order valence-electron chi connectivity index (χ4n) is 3.86. The Morgan fingerprint density at radius 3 is 2.39 bits per heavy atom. The molecule has 33 heavy (non-hydrogen) atoms. The van der Waals surface area contributed by atoms with E-state index in [9.17, 15) is 9.59 Å². The molecule has 1 aromatic heterocycles. The largest absolute Gasteiger partial charge is 0.444 e. The maximum absolute atomic E-state index is 13.3. The van der Waals surface area contributed by atoms with Gasteiger partial charge in [-0.05, 0) is 45.7 Å². The second-order valence-electron chi connectivity index (χ2n) is 9.15. The van der Waals surface area contributed by atoms with Crippen molar-refractivity contribution in [3.05, 3.63) is 66.4 Å². The molecular weight excluding hydrogens is 418 g/mol. The average molecular weight is 448 g/mol. The Bertz CT molecular complexity index is 1110. The highest BCUT2D eigenvalue weighted by Crippen LogP contribution is 2.29. The summed E-state index contributed by atoms with van der Waals surface area (Å²) in [6.07, 6.45) is 2.60. The zero-order chi connectivity index (χ0) is 23.4. The average Bonchev–Trinajstić information content (AvgIpc) is 3.29. The first-order chi connectivity index (χ1) is 15.8. The summed E-state index contributed by atoms with van der Waals surface area (Å²) in [5.41, 5.74) is 1.61. The number of carbonyl (C=O) groups is 2. The highest BCUT2D eigenvalue weighted by molar-refractivity contribution is 6.00. The first kappa shape index (κ1) is 22.6. The molecule has 4 rings (SSSR count). The van der Waals surface area contributed by atoms with E-state index in [1.54, 1.807) is 12.3 Å². The Balaban J connectivity index is 1.43. The summed E-state index contributed by atoms with van der Waals surface area (Å²) in [6.45, 7) is 6.61. The number of oxazole rings is 1. The van der Waals surface area contributed by atoms with Crippen molar-refractivity contribution in [2.24, 2.45) is 0 Å². The van der Waals surface area contributed by atoms with Gasteiger partial charge in [0.1, 0.15) is 5.60 Å². The second-order valence-corrected chi connectivity index (χ2v) is 9.15. The molecule has 1 N–H and O–H groups in total. The summed E-state index contributed by atoms with van der Waals surface area (Å²) >= 11 is 0. The Hall–Kier alpha value is -3.61. The van der Waals surface area contributed by atoms with Gasteiger partial charge in [0.2, 0.25) is 5.89 Å². The molecule has 7 nitrogen and oxygen atoms in total. The molecule has 0 bridgehead atoms. The first-order valence-electron chi connectivity index (χ1n) is 11.2. The number of rotatable bonds is 4. The molecule has 2 aromatic carbocycles. The number of hydrogen-bond donors (Lipinski definition) is 1. The highest BCUT2D eigenvalue weighted by Gasteiger charge is 2.28. The number of aromatic nitrogens is 1. The van der Waals surface area contributed by atoms with Crippen LogP contribution in [0.15, 0.2) is 65.2 Å². The molecule has 1 aliphatic heterocycles. The van der Waals surface area contributed by atoms with Crippen molar-refractivity contribution in [3.8, 4) is 22.8 Å². The van der Waals surface area contributed by atoms with E-state index >= 15 is 0 Å². The van der Waals surface area contributed by atoms with Crippen LogP contribution in [0.3, 0.4) is 0 Å². The van der Waals surface area contributed by atoms with Gasteiger partial charge < -0.3 is 19.4 Å². The first-order valence-corrected chi connectivity index (χ1v) is 11.2. The van der Waals surface area contributed by atoms with Gasteiger partial charge in [0, 0.05) is 30.3 Å². The SMILES string of the molecule is CC(C)(C)OC(=O)NC1CCN(C(=O)c2ccccc2-c2ncc(-c3ccccc3)o2)CC1. The molecule has 2 amide bonds. The predicted molar refractivity (Wildman–Crippen MR) is 126 cm³/mol. The second kappa shape index (κ2) is 9.48. The molecule has 1 fully saturated rings. The highest BCUT2D eigenvalue weighted by atomic mass is 16.6. The van der Waals surface area contributed by atoms with Crippen molar-refractivity contribution in [2.75, 3.05) is 13.1 Å². The van der Waals surface area contributed by atoms with Crippen molar-refractivity contribution in [1.29, 1.82) is 0 Å². The number of likely N-dealkylation sites (tertiary alicyclic amines) is 1. The number of alkyl carbamates (subject to hydrolysis) is 1. The third-order valence-corrected chi connectivity index (χ3v) is 5.45. The van der Waals surface area contributed by atoms with Crippen LogP contribution in [0.4, 0.5) is 4.79 Å². The van der Waals surface area contributed by atoms with Crippen LogP contribution in [0.1, 0.15) is 44.0 Å². The van der Waals surface area contributed by atoms with Crippen LogP contribution < -0.4 is 5.32 Å². The number of amides is 2. The predicted octanol–water partition coefficient (Wildman–Crippen LogP) is 5.14. The van der Waals surface area contributed by atoms with Gasteiger partial charge in [-0.1, -0.05) is 42.5 Å². The minimum absolute atomic E-state index is 0.0145. The van der Waals surface area contributed by atoms with Crippen molar-refractivity contribution < 1.29 is 18.7 Å². The molecule has 3 aromatic rings. The van der Waals surface area contributed by atoms with E-state index in [-0.39, 0.29) is 11.9 Å². The fourth-order valence-corrected chi connectivity index (χ4v) is 3.86. The minimum atomic E-state index is -0.537. The molecule has 0 aliphatic carbocycles. The van der Waals surface area contributed by atoms with Crippen LogP contribution in [-0.4, -0.2) is 46.6 Å². The summed E-state index contributed by atoms with van der Waals surface area (Å²) < 4.78 is 11.3. The summed E-state index contributed by atoms with van der Waals surface area (Å²) in [5.74, 6) is 1.00. The number of hydrogen-bond acceptors (Lipinski definition) is 5. The van der Waals surface area contributed by atoms with Crippen LogP contribution in [0, 0.1) is 0 Å². The number of piperidine rings is 1. The fraction of sp³-hybridized carbons (Fsp3) is 0.346. The van der Waals surface area contributed by atoms with Gasteiger partial charge >= 0.3 is 6.09 Å². The molecular formula is C26H29N3O4. The van der Waals surface area contributed by atoms with E-state index in [0.717, 1.165) is 5.56 Å². The van der Waals surface area contributed by atoms with E-state index < -0.39 is 11.7 Å². The molecule has 0 radical (unpaired) electrons. The minimum Gasteiger partial charge on any atom is -0.444 e. The van der Waals surface area contributed by atoms with E-state index in [4.69, 9.17) is 9.15 Å². The summed E-state index contributed by atoms with van der Waals surface area (Å²) in [7, 11) is 0. The lowest BCUT2D eigenvalue weighted by atomic mass is 10.0. The molecule has 172 valence electrons. The molecule has 0 atom stereocenters. The van der Waals surface area contributed by atoms with Gasteiger partial charge in [0.25, 0.3) is 5.91 Å². The molecule has 0 spiro atoms. The summed E-state index contributed by atoms with van der Waals surface area (Å²) in [5, 5.41) is 2.91. The van der Waals surface area contributed by atoms with Crippen LogP contribution in [0.2, 0.25) is 0 Å². The van der Waals surface area contributed by atoms with Gasteiger partial charge in [-0.25, -0.2) is 9.78 Å². The Kier molecular flexibility index (Phi) is 6.49. The topological polar surface area (TPSA) is 84.7 Å². The Morgan fingerprint density at radius 1 is 1.03 bits per heavy atom. The van der Waals surface area contributed by atoms with Crippen molar-refractivity contribution >= 4 is 12.0 Å². The monoisotopic (exact) mass is 447 g/mol. The lowest BCUT2D eigenvalue weighted by molar-refractivity contribution is 0.0473. The Morgan fingerprint density at radius 2 is 1.70 bits per heavy atom. The van der Waals surface area contributed by atoms with E-state index in [2.05, 4.69) is 10.3 Å². The number of carbonyl (C=O) groups excluding carboxylic acids is 2. The third kappa shape index (κ3) is 5.61. The van der Waals surface area contributed by atoms with Crippen LogP contribution in [0.5, 0.6) is 0 Å². The molecule has 0 saturated carbocycles. The van der Waals surface area contributed by atoms with E-state index in [1.165, 1.54) is 0 Å². The maximum Gasteiger partial charge on any atom is 0.407 e. The normalized spacial score (nSPS) is 14.7. The molecule has 0 unspecified atom stereocenters. The van der Waals surface area contributed by atoms with Crippen molar-refractivity contribution in [1.82, 2.24) is 15.2 Å². The van der Waals surface area contributed by atoms with E-state index in [1.807, 2.05) is 74.2 Å². The molecule has 1 aliphatic rings. The summed E-state index contributed by atoms with van der Waals surface area (Å²) in [4.78, 5) is 31.6. The van der Waals surface area contributed by atoms with Crippen molar-refractivity contribution in [2.45, 2.75) is 45.3 Å². The van der Waals surface area contributed by atoms with Gasteiger partial charge in [0.15, 0.2) is 5.76 Å². The van der Waals surface area contributed by atoms with Gasteiger partial charge in [-0.3, -0.25) is 4.79 Å². The van der Waals surface area contributed by atoms with E-state index in [0.29, 0.717) is 48.7 Å². The number of nitrogens with zero attached hydrogens (tertiary/aromatic N) is 2. The number of ether oxygens (including phenoxy) is 1.